The molecule has 0 aromatic carbocycles. The van der Waals surface area contributed by atoms with Crippen LogP contribution in [0.4, 0.5) is 8.78 Å². The molecule has 34 valence electrons. The van der Waals surface area contributed by atoms with Crippen LogP contribution in [0, 0.1) is 0 Å². The molecule has 6 heavy (non-hydrogen) atoms. The number of carbonyl (C=O) groups is 1. The van der Waals surface area contributed by atoms with Crippen LogP contribution in [0.1, 0.15) is 0 Å². The van der Waals surface area contributed by atoms with Crippen molar-refractivity contribution in [3.63, 3.8) is 0 Å². The van der Waals surface area contributed by atoms with Gasteiger partial charge < -0.3 is 0 Å². The molecule has 1 amide bonds. The van der Waals surface area contributed by atoms with Gasteiger partial charge in [-0.2, -0.15) is 8.78 Å². The highest BCUT2D eigenvalue weighted by Gasteiger charge is 2.10. The van der Waals surface area contributed by atoms with E-state index in [1.54, 1.807) is 0 Å². The summed E-state index contributed by atoms with van der Waals surface area (Å²) >= 11 is 0. The van der Waals surface area contributed by atoms with E-state index in [1.165, 1.54) is 0 Å². The Morgan fingerprint density at radius 1 is 1.67 bits per heavy atom. The molecule has 2 nitrogen and oxygen atoms in total. The van der Waals surface area contributed by atoms with E-state index in [0.29, 0.717) is 0 Å². The van der Waals surface area contributed by atoms with Crippen LogP contribution in [0.5, 0.6) is 0 Å². The summed E-state index contributed by atoms with van der Waals surface area (Å²) in [5.41, 5.74) is 7.24. The van der Waals surface area contributed by atoms with Crippen molar-refractivity contribution in [2.75, 3.05) is 0 Å². The zero-order valence-corrected chi connectivity index (χ0v) is 2.69. The highest BCUT2D eigenvalue weighted by Crippen LogP contribution is 1.87. The molecule has 0 aliphatic carbocycles. The molecule has 0 atom stereocenters. The van der Waals surface area contributed by atoms with E-state index in [0.717, 1.165) is 0 Å². The summed E-state index contributed by atoms with van der Waals surface area (Å²) in [4.78, 5) is 8.95. The van der Waals surface area contributed by atoms with Gasteiger partial charge in [-0.15, -0.1) is 5.73 Å². The SMILES string of the molecule is [N]C(=O)C(F)F. The first-order chi connectivity index (χ1) is 2.64. The molecule has 0 bridgehead atoms. The van der Waals surface area contributed by atoms with Crippen molar-refractivity contribution in [2.45, 2.75) is 6.43 Å². The van der Waals surface area contributed by atoms with E-state index in [9.17, 15) is 8.78 Å². The van der Waals surface area contributed by atoms with Crippen LogP contribution in [-0.4, -0.2) is 12.3 Å². The van der Waals surface area contributed by atoms with E-state index in [-0.39, 0.29) is 0 Å². The van der Waals surface area contributed by atoms with E-state index in [1.807, 2.05) is 0 Å². The fourth-order valence-electron chi connectivity index (χ4n) is 0. The minimum absolute atomic E-state index is 2.07. The molecular formula is C2HF2NO. The summed E-state index contributed by atoms with van der Waals surface area (Å²) in [6, 6.07) is 0. The van der Waals surface area contributed by atoms with Crippen molar-refractivity contribution in [1.29, 1.82) is 0 Å². The van der Waals surface area contributed by atoms with Crippen LogP contribution in [0.15, 0.2) is 0 Å². The van der Waals surface area contributed by atoms with Gasteiger partial charge in [0.05, 0.1) is 0 Å². The van der Waals surface area contributed by atoms with Gasteiger partial charge in [0.25, 0.3) is 0 Å². The number of hydrogen-bond acceptors (Lipinski definition) is 1. The molecule has 0 aliphatic rings. The van der Waals surface area contributed by atoms with Gasteiger partial charge in [-0.05, 0) is 0 Å². The van der Waals surface area contributed by atoms with Gasteiger partial charge in [0.15, 0.2) is 0 Å². The average molecular weight is 93.0 g/mol. The van der Waals surface area contributed by atoms with Crippen molar-refractivity contribution in [2.24, 2.45) is 0 Å². The van der Waals surface area contributed by atoms with Gasteiger partial charge in [0.1, 0.15) is 0 Å². The lowest BCUT2D eigenvalue weighted by Gasteiger charge is -1.78. The second-order valence-electron chi connectivity index (χ2n) is 0.639. The number of nitrogens with zero attached hydrogens (tertiary/aromatic N) is 1. The Hall–Kier alpha value is -0.670. The maximum atomic E-state index is 10.6. The van der Waals surface area contributed by atoms with Crippen molar-refractivity contribution in [3.8, 4) is 0 Å². The third-order valence-corrected chi connectivity index (χ3v) is 0.187. The third-order valence-electron chi connectivity index (χ3n) is 0.187. The summed E-state index contributed by atoms with van der Waals surface area (Å²) in [5.74, 6) is -2.07. The second-order valence-corrected chi connectivity index (χ2v) is 0.639. The highest BCUT2D eigenvalue weighted by atomic mass is 19.3. The molecule has 0 aliphatic heterocycles. The molecule has 0 spiro atoms. The molecule has 0 unspecified atom stereocenters. The van der Waals surface area contributed by atoms with E-state index in [2.05, 4.69) is 0 Å². The Kier molecular flexibility index (Phi) is 1.50. The first-order valence-electron chi connectivity index (χ1n) is 1.15. The van der Waals surface area contributed by atoms with Crippen LogP contribution in [0.25, 0.3) is 0 Å². The molecule has 0 saturated carbocycles. The quantitative estimate of drug-likeness (QED) is 0.444. The Labute approximate surface area is 32.9 Å². The number of halogens is 2. The van der Waals surface area contributed by atoms with Crippen LogP contribution >= 0.6 is 0 Å². The molecule has 0 N–H and O–H groups in total. The summed E-state index contributed by atoms with van der Waals surface area (Å²) in [6.07, 6.45) is -3.23. The maximum Gasteiger partial charge on any atom is 0.331 e. The van der Waals surface area contributed by atoms with Crippen LogP contribution < -0.4 is 5.73 Å². The van der Waals surface area contributed by atoms with Crippen LogP contribution in [0.3, 0.4) is 0 Å². The average Bonchev–Trinajstić information content (AvgIpc) is 1.36. The zero-order chi connectivity index (χ0) is 5.15. The number of amides is 1. The molecule has 2 radical (unpaired) electrons. The van der Waals surface area contributed by atoms with Gasteiger partial charge >= 0.3 is 12.3 Å². The Bertz CT molecular complexity index is 62.6. The van der Waals surface area contributed by atoms with E-state index < -0.39 is 12.3 Å². The predicted molar refractivity (Wildman–Crippen MR) is 13.1 cm³/mol. The van der Waals surface area contributed by atoms with Gasteiger partial charge in [-0.1, -0.05) is 0 Å². The molecule has 0 heterocycles. The van der Waals surface area contributed by atoms with Crippen LogP contribution in [-0.2, 0) is 4.79 Å². The standard InChI is InChI=1S/C2HF2NO/c3-1(4)2(5)6/h1H. The highest BCUT2D eigenvalue weighted by molar-refractivity contribution is 5.76. The summed E-state index contributed by atoms with van der Waals surface area (Å²) < 4.78 is 21.1. The van der Waals surface area contributed by atoms with Crippen molar-refractivity contribution >= 4 is 5.91 Å². The molecule has 0 aromatic rings. The van der Waals surface area contributed by atoms with Crippen LogP contribution in [0.2, 0.25) is 0 Å². The van der Waals surface area contributed by atoms with Crippen molar-refractivity contribution in [3.05, 3.63) is 0 Å². The molecule has 4 heteroatoms. The Balaban J connectivity index is 3.26. The van der Waals surface area contributed by atoms with E-state index in [4.69, 9.17) is 10.5 Å². The molecule has 0 saturated heterocycles. The van der Waals surface area contributed by atoms with Gasteiger partial charge in [-0.25, -0.2) is 0 Å². The topological polar surface area (TPSA) is 39.4 Å². The number of hydrogen-bond donors (Lipinski definition) is 0. The zero-order valence-electron chi connectivity index (χ0n) is 2.69. The number of rotatable bonds is 1. The molecular weight excluding hydrogens is 92.0 g/mol. The fraction of sp³-hybridized carbons (Fsp3) is 0.500. The van der Waals surface area contributed by atoms with Crippen molar-refractivity contribution in [1.82, 2.24) is 5.73 Å². The fourth-order valence-corrected chi connectivity index (χ4v) is 0. The lowest BCUT2D eigenvalue weighted by atomic mass is 10.7. The predicted octanol–water partition coefficient (Wildman–Crippen LogP) is -0.153. The summed E-state index contributed by atoms with van der Waals surface area (Å²) in [7, 11) is 0. The minimum Gasteiger partial charge on any atom is -0.264 e. The first-order valence-corrected chi connectivity index (χ1v) is 1.15. The van der Waals surface area contributed by atoms with Crippen molar-refractivity contribution < 1.29 is 13.6 Å². The maximum absolute atomic E-state index is 10.6. The third kappa shape index (κ3) is 1.63. The minimum atomic E-state index is -3.23. The molecule has 0 rings (SSSR count). The van der Waals surface area contributed by atoms with Gasteiger partial charge in [0.2, 0.25) is 0 Å². The summed E-state index contributed by atoms with van der Waals surface area (Å²) in [6.45, 7) is 0. The summed E-state index contributed by atoms with van der Waals surface area (Å²) in [5, 5.41) is 0. The molecule has 0 fully saturated rings. The smallest absolute Gasteiger partial charge is 0.264 e. The lowest BCUT2D eigenvalue weighted by Crippen LogP contribution is -2.08. The van der Waals surface area contributed by atoms with Gasteiger partial charge in [0, 0.05) is 0 Å². The first kappa shape index (κ1) is 5.33. The molecule has 0 aromatic heterocycles. The number of alkyl halides is 2. The number of carbonyl (C=O) groups excluding carboxylic acids is 1. The Morgan fingerprint density at radius 3 is 1.83 bits per heavy atom. The Morgan fingerprint density at radius 2 is 1.83 bits per heavy atom. The normalized spacial score (nSPS) is 9.17. The van der Waals surface area contributed by atoms with E-state index >= 15 is 0 Å². The monoisotopic (exact) mass is 93.0 g/mol. The lowest BCUT2D eigenvalue weighted by molar-refractivity contribution is -0.129. The largest absolute Gasteiger partial charge is 0.331 e. The van der Waals surface area contributed by atoms with Gasteiger partial charge in [-0.3, -0.25) is 4.79 Å². The second kappa shape index (κ2) is 1.69.